The molecule has 1 unspecified atom stereocenters. The topological polar surface area (TPSA) is 66.8 Å². The van der Waals surface area contributed by atoms with Crippen molar-refractivity contribution in [2.24, 2.45) is 0 Å². The van der Waals surface area contributed by atoms with E-state index in [9.17, 15) is 19.1 Å². The maximum Gasteiger partial charge on any atom is 0.300 e. The Labute approximate surface area is 185 Å². The fourth-order valence-corrected chi connectivity index (χ4v) is 3.87. The van der Waals surface area contributed by atoms with Gasteiger partial charge in [-0.1, -0.05) is 24.3 Å². The number of aliphatic hydroxyl groups excluding tert-OH is 1. The lowest BCUT2D eigenvalue weighted by atomic mass is 9.95. The molecule has 1 fully saturated rings. The number of anilines is 1. The molecule has 1 aliphatic rings. The highest BCUT2D eigenvalue weighted by Gasteiger charge is 2.47. The van der Waals surface area contributed by atoms with Gasteiger partial charge >= 0.3 is 0 Å². The number of nitrogens with zero attached hydrogens (tertiary/aromatic N) is 1. The van der Waals surface area contributed by atoms with Gasteiger partial charge in [-0.3, -0.25) is 14.5 Å². The number of aryl methyl sites for hydroxylation is 1. The third kappa shape index (κ3) is 3.87. The number of rotatable bonds is 5. The molecule has 3 aromatic carbocycles. The first-order valence-electron chi connectivity index (χ1n) is 10.3. The third-order valence-corrected chi connectivity index (χ3v) is 5.35. The molecular formula is C26H22FNO4. The van der Waals surface area contributed by atoms with Gasteiger partial charge in [-0.15, -0.1) is 0 Å². The molecule has 6 heteroatoms. The molecule has 1 atom stereocenters. The third-order valence-electron chi connectivity index (χ3n) is 5.35. The molecule has 0 saturated carbocycles. The van der Waals surface area contributed by atoms with Crippen LogP contribution >= 0.6 is 0 Å². The summed E-state index contributed by atoms with van der Waals surface area (Å²) in [6.45, 7) is 4.24. The van der Waals surface area contributed by atoms with Crippen molar-refractivity contribution in [1.82, 2.24) is 0 Å². The van der Waals surface area contributed by atoms with Gasteiger partial charge in [-0.2, -0.15) is 0 Å². The van der Waals surface area contributed by atoms with Gasteiger partial charge < -0.3 is 9.84 Å². The van der Waals surface area contributed by atoms with Crippen molar-refractivity contribution in [3.05, 3.63) is 101 Å². The minimum Gasteiger partial charge on any atom is -0.507 e. The van der Waals surface area contributed by atoms with E-state index in [4.69, 9.17) is 4.74 Å². The van der Waals surface area contributed by atoms with Crippen molar-refractivity contribution in [2.75, 3.05) is 11.5 Å². The number of aliphatic hydroxyl groups is 1. The lowest BCUT2D eigenvalue weighted by molar-refractivity contribution is -0.132. The highest BCUT2D eigenvalue weighted by Crippen LogP contribution is 2.42. The molecule has 1 aliphatic heterocycles. The van der Waals surface area contributed by atoms with Crippen molar-refractivity contribution in [2.45, 2.75) is 19.9 Å². The molecule has 162 valence electrons. The highest BCUT2D eigenvalue weighted by molar-refractivity contribution is 6.51. The molecule has 0 spiro atoms. The van der Waals surface area contributed by atoms with E-state index in [2.05, 4.69) is 0 Å². The molecule has 4 rings (SSSR count). The summed E-state index contributed by atoms with van der Waals surface area (Å²) < 4.78 is 19.0. The number of carbonyl (C=O) groups excluding carboxylic acids is 2. The number of Topliss-reactive ketones (excluding diaryl/α,β-unsaturated/α-hetero) is 1. The average molecular weight is 431 g/mol. The summed E-state index contributed by atoms with van der Waals surface area (Å²) in [5.41, 5.74) is 2.27. The Morgan fingerprint density at radius 2 is 1.72 bits per heavy atom. The van der Waals surface area contributed by atoms with Crippen LogP contribution in [0.1, 0.15) is 29.7 Å². The van der Waals surface area contributed by atoms with Gasteiger partial charge in [-0.05, 0) is 73.5 Å². The van der Waals surface area contributed by atoms with Crippen LogP contribution in [0.15, 0.2) is 78.4 Å². The predicted molar refractivity (Wildman–Crippen MR) is 120 cm³/mol. The average Bonchev–Trinajstić information content (AvgIpc) is 3.05. The summed E-state index contributed by atoms with van der Waals surface area (Å²) in [6, 6.07) is 18.5. The molecule has 32 heavy (non-hydrogen) atoms. The Balaban J connectivity index is 1.89. The van der Waals surface area contributed by atoms with Gasteiger partial charge in [0.2, 0.25) is 0 Å². The molecule has 0 bridgehead atoms. The van der Waals surface area contributed by atoms with Crippen molar-refractivity contribution in [3.8, 4) is 5.75 Å². The first-order valence-corrected chi connectivity index (χ1v) is 10.3. The van der Waals surface area contributed by atoms with Crippen LogP contribution in [-0.4, -0.2) is 23.4 Å². The summed E-state index contributed by atoms with van der Waals surface area (Å²) in [5, 5.41) is 11.1. The Kier molecular flexibility index (Phi) is 5.77. The van der Waals surface area contributed by atoms with Crippen LogP contribution in [0.5, 0.6) is 5.75 Å². The summed E-state index contributed by atoms with van der Waals surface area (Å²) in [7, 11) is 0. The van der Waals surface area contributed by atoms with Crippen molar-refractivity contribution in [1.29, 1.82) is 0 Å². The lowest BCUT2D eigenvalue weighted by Crippen LogP contribution is -2.29. The monoisotopic (exact) mass is 431 g/mol. The van der Waals surface area contributed by atoms with Gasteiger partial charge in [0.15, 0.2) is 0 Å². The molecule has 5 nitrogen and oxygen atoms in total. The lowest BCUT2D eigenvalue weighted by Gasteiger charge is -2.25. The second kappa shape index (κ2) is 8.67. The number of carbonyl (C=O) groups is 2. The first-order chi connectivity index (χ1) is 15.4. The van der Waals surface area contributed by atoms with Crippen molar-refractivity contribution < 1.29 is 23.8 Å². The van der Waals surface area contributed by atoms with Crippen LogP contribution in [0.4, 0.5) is 10.1 Å². The van der Waals surface area contributed by atoms with Crippen LogP contribution in [0.25, 0.3) is 5.76 Å². The van der Waals surface area contributed by atoms with Crippen LogP contribution in [0, 0.1) is 12.7 Å². The van der Waals surface area contributed by atoms with Crippen LogP contribution in [-0.2, 0) is 9.59 Å². The number of ketones is 1. The van der Waals surface area contributed by atoms with Crippen molar-refractivity contribution >= 4 is 23.1 Å². The second-order valence-electron chi connectivity index (χ2n) is 7.52. The zero-order valence-electron chi connectivity index (χ0n) is 17.7. The number of amides is 1. The van der Waals surface area contributed by atoms with E-state index in [0.29, 0.717) is 29.2 Å². The smallest absolute Gasteiger partial charge is 0.300 e. The summed E-state index contributed by atoms with van der Waals surface area (Å²) in [6.07, 6.45) is 0. The van der Waals surface area contributed by atoms with Crippen LogP contribution < -0.4 is 9.64 Å². The van der Waals surface area contributed by atoms with E-state index in [0.717, 1.165) is 5.56 Å². The maximum atomic E-state index is 13.6. The Morgan fingerprint density at radius 1 is 1.03 bits per heavy atom. The van der Waals surface area contributed by atoms with Gasteiger partial charge in [0.1, 0.15) is 17.3 Å². The Bertz CT molecular complexity index is 1200. The predicted octanol–water partition coefficient (Wildman–Crippen LogP) is 5.16. The van der Waals surface area contributed by atoms with E-state index >= 15 is 0 Å². The zero-order chi connectivity index (χ0) is 22.8. The Morgan fingerprint density at radius 3 is 2.34 bits per heavy atom. The van der Waals surface area contributed by atoms with E-state index < -0.39 is 23.5 Å². The molecule has 1 saturated heterocycles. The number of hydrogen-bond acceptors (Lipinski definition) is 4. The van der Waals surface area contributed by atoms with Gasteiger partial charge in [-0.25, -0.2) is 4.39 Å². The van der Waals surface area contributed by atoms with Gasteiger partial charge in [0.05, 0.1) is 18.2 Å². The largest absolute Gasteiger partial charge is 0.507 e. The van der Waals surface area contributed by atoms with Crippen LogP contribution in [0.3, 0.4) is 0 Å². The van der Waals surface area contributed by atoms with Gasteiger partial charge in [0, 0.05) is 11.3 Å². The minimum atomic E-state index is -0.899. The zero-order valence-corrected chi connectivity index (χ0v) is 17.7. The summed E-state index contributed by atoms with van der Waals surface area (Å²) in [5.74, 6) is -1.66. The van der Waals surface area contributed by atoms with E-state index in [1.165, 1.54) is 29.2 Å². The summed E-state index contributed by atoms with van der Waals surface area (Å²) in [4.78, 5) is 27.5. The summed E-state index contributed by atoms with van der Waals surface area (Å²) >= 11 is 0. The quantitative estimate of drug-likeness (QED) is 0.344. The molecule has 1 heterocycles. The minimum absolute atomic E-state index is 0.0488. The first kappa shape index (κ1) is 21.3. The Hall–Kier alpha value is -3.93. The highest BCUT2D eigenvalue weighted by atomic mass is 19.1. The molecule has 1 amide bonds. The van der Waals surface area contributed by atoms with Crippen molar-refractivity contribution in [3.63, 3.8) is 0 Å². The van der Waals surface area contributed by atoms with E-state index in [1.807, 2.05) is 19.9 Å². The number of benzene rings is 3. The molecule has 0 aliphatic carbocycles. The molecule has 0 aromatic heterocycles. The van der Waals surface area contributed by atoms with Gasteiger partial charge in [0.25, 0.3) is 11.7 Å². The standard InChI is InChI=1S/C26H22FNO4/c1-3-32-21-13-9-18(10-14-21)24(29)22-23(17-7-11-19(27)12-8-17)28(26(31)25(22)30)20-6-4-5-16(2)15-20/h4-15,23,29H,3H2,1-2H3/b24-22+. The number of hydrogen-bond donors (Lipinski definition) is 1. The molecule has 0 radical (unpaired) electrons. The second-order valence-corrected chi connectivity index (χ2v) is 7.52. The molecule has 1 N–H and O–H groups in total. The van der Waals surface area contributed by atoms with Crippen LogP contribution in [0.2, 0.25) is 0 Å². The fraction of sp³-hybridized carbons (Fsp3) is 0.154. The maximum absolute atomic E-state index is 13.6. The normalized spacial score (nSPS) is 17.6. The molecular weight excluding hydrogens is 409 g/mol. The SMILES string of the molecule is CCOc1ccc(/C(O)=C2\C(=O)C(=O)N(c3cccc(C)c3)C2c2ccc(F)cc2)cc1. The number of halogens is 1. The van der Waals surface area contributed by atoms with E-state index in [1.54, 1.807) is 42.5 Å². The number of ether oxygens (including phenoxy) is 1. The van der Waals surface area contributed by atoms with E-state index in [-0.39, 0.29) is 11.3 Å². The molecule has 3 aromatic rings. The fourth-order valence-electron chi connectivity index (χ4n) is 3.87.